The lowest BCUT2D eigenvalue weighted by atomic mass is 10.1. The van der Waals surface area contributed by atoms with Crippen molar-refractivity contribution in [1.29, 1.82) is 0 Å². The van der Waals surface area contributed by atoms with Crippen LogP contribution in [0.3, 0.4) is 0 Å². The van der Waals surface area contributed by atoms with Crippen molar-refractivity contribution in [3.8, 4) is 0 Å². The highest BCUT2D eigenvalue weighted by molar-refractivity contribution is 4.56. The summed E-state index contributed by atoms with van der Waals surface area (Å²) in [7, 11) is 0. The van der Waals surface area contributed by atoms with Crippen LogP contribution >= 0.6 is 0 Å². The smallest absolute Gasteiger partial charge is 0.0540 e. The Morgan fingerprint density at radius 1 is 1.18 bits per heavy atom. The maximum Gasteiger partial charge on any atom is 0.0540 e. The maximum absolute atomic E-state index is 9.15. The summed E-state index contributed by atoms with van der Waals surface area (Å²) < 4.78 is 0. The Kier molecular flexibility index (Phi) is 8.03. The molecule has 0 spiro atoms. The number of unbranched alkanes of at least 4 members (excludes halogenated alkanes) is 4. The molecule has 0 aliphatic heterocycles. The molecule has 0 aliphatic rings. The molecule has 1 atom stereocenters. The summed E-state index contributed by atoms with van der Waals surface area (Å²) in [5, 5.41) is 9.15. The molecular weight excluding hydrogens is 136 g/mol. The third-order valence-corrected chi connectivity index (χ3v) is 1.97. The fraction of sp³-hybridized carbons (Fsp3) is 0.900. The number of hydrogen-bond donors (Lipinski definition) is 1. The summed E-state index contributed by atoms with van der Waals surface area (Å²) in [6.45, 7) is 5.86. The van der Waals surface area contributed by atoms with Crippen molar-refractivity contribution < 1.29 is 5.11 Å². The van der Waals surface area contributed by atoms with Crippen LogP contribution in [-0.2, 0) is 0 Å². The van der Waals surface area contributed by atoms with Crippen LogP contribution in [-0.4, -0.2) is 11.2 Å². The number of aliphatic hydroxyl groups is 1. The Labute approximate surface area is 70.8 Å². The molecule has 0 aromatic carbocycles. The van der Waals surface area contributed by atoms with E-state index >= 15 is 0 Å². The Morgan fingerprint density at radius 3 is 2.36 bits per heavy atom. The Hall–Kier alpha value is -0.0400. The fourth-order valence-electron chi connectivity index (χ4n) is 1.13. The fourth-order valence-corrected chi connectivity index (χ4v) is 1.13. The van der Waals surface area contributed by atoms with Crippen molar-refractivity contribution in [2.45, 2.75) is 58.0 Å². The Morgan fingerprint density at radius 2 is 1.82 bits per heavy atom. The maximum atomic E-state index is 9.15. The molecule has 1 heteroatoms. The van der Waals surface area contributed by atoms with Crippen molar-refractivity contribution in [2.75, 3.05) is 0 Å². The van der Waals surface area contributed by atoms with Crippen LogP contribution in [0.4, 0.5) is 0 Å². The van der Waals surface area contributed by atoms with Gasteiger partial charge in [-0.25, -0.2) is 0 Å². The summed E-state index contributed by atoms with van der Waals surface area (Å²) in [5.41, 5.74) is 0. The second-order valence-corrected chi connectivity index (χ2v) is 3.15. The van der Waals surface area contributed by atoms with E-state index in [0.29, 0.717) is 6.42 Å². The molecule has 0 aromatic heterocycles. The molecule has 0 aromatic rings. The lowest BCUT2D eigenvalue weighted by Gasteiger charge is -2.05. The third kappa shape index (κ3) is 7.86. The summed E-state index contributed by atoms with van der Waals surface area (Å²) in [6.07, 6.45) is 7.82. The molecule has 1 N–H and O–H groups in total. The third-order valence-electron chi connectivity index (χ3n) is 1.97. The van der Waals surface area contributed by atoms with E-state index in [-0.39, 0.29) is 6.10 Å². The van der Waals surface area contributed by atoms with E-state index in [1.807, 2.05) is 0 Å². The highest BCUT2D eigenvalue weighted by atomic mass is 16.3. The van der Waals surface area contributed by atoms with Gasteiger partial charge in [-0.05, 0) is 12.8 Å². The first-order valence-corrected chi connectivity index (χ1v) is 4.78. The molecule has 0 aliphatic carbocycles. The molecule has 1 unspecified atom stereocenters. The van der Waals surface area contributed by atoms with Crippen molar-refractivity contribution in [1.82, 2.24) is 0 Å². The zero-order valence-corrected chi connectivity index (χ0v) is 7.68. The minimum absolute atomic E-state index is 0.156. The normalized spacial score (nSPS) is 13.4. The van der Waals surface area contributed by atoms with Crippen molar-refractivity contribution in [3.05, 3.63) is 6.92 Å². The summed E-state index contributed by atoms with van der Waals surface area (Å²) in [6, 6.07) is 0. The van der Waals surface area contributed by atoms with Gasteiger partial charge in [-0.3, -0.25) is 0 Å². The van der Waals surface area contributed by atoms with Gasteiger partial charge in [-0.2, -0.15) is 0 Å². The first kappa shape index (κ1) is 11.0. The molecule has 11 heavy (non-hydrogen) atoms. The first-order chi connectivity index (χ1) is 5.31. The molecular formula is C10H21O. The van der Waals surface area contributed by atoms with Gasteiger partial charge in [0.1, 0.15) is 0 Å². The number of rotatable bonds is 7. The van der Waals surface area contributed by atoms with E-state index in [1.54, 1.807) is 0 Å². The van der Waals surface area contributed by atoms with Crippen molar-refractivity contribution >= 4 is 0 Å². The monoisotopic (exact) mass is 157 g/mol. The minimum atomic E-state index is -0.156. The largest absolute Gasteiger partial charge is 0.393 e. The van der Waals surface area contributed by atoms with Crippen LogP contribution in [0.15, 0.2) is 0 Å². The number of hydrogen-bond acceptors (Lipinski definition) is 1. The van der Waals surface area contributed by atoms with Crippen LogP contribution in [0.25, 0.3) is 0 Å². The zero-order chi connectivity index (χ0) is 8.53. The Bertz CT molecular complexity index is 71.3. The lowest BCUT2D eigenvalue weighted by Crippen LogP contribution is -2.03. The van der Waals surface area contributed by atoms with Gasteiger partial charge in [0.2, 0.25) is 0 Å². The summed E-state index contributed by atoms with van der Waals surface area (Å²) >= 11 is 0. The predicted molar refractivity (Wildman–Crippen MR) is 49.4 cm³/mol. The van der Waals surface area contributed by atoms with E-state index in [4.69, 9.17) is 5.11 Å². The lowest BCUT2D eigenvalue weighted by molar-refractivity contribution is 0.163. The van der Waals surface area contributed by atoms with Gasteiger partial charge in [0.15, 0.2) is 0 Å². The topological polar surface area (TPSA) is 20.2 Å². The van der Waals surface area contributed by atoms with Crippen molar-refractivity contribution in [3.63, 3.8) is 0 Å². The second-order valence-electron chi connectivity index (χ2n) is 3.15. The van der Waals surface area contributed by atoms with Gasteiger partial charge in [-0.15, -0.1) is 0 Å². The van der Waals surface area contributed by atoms with Gasteiger partial charge < -0.3 is 5.11 Å². The molecule has 67 valence electrons. The molecule has 0 rings (SSSR count). The van der Waals surface area contributed by atoms with Gasteiger partial charge >= 0.3 is 0 Å². The van der Waals surface area contributed by atoms with Crippen molar-refractivity contribution in [2.24, 2.45) is 0 Å². The molecule has 0 saturated carbocycles. The zero-order valence-electron chi connectivity index (χ0n) is 7.68. The molecule has 0 heterocycles. The second kappa shape index (κ2) is 8.06. The average molecular weight is 157 g/mol. The SMILES string of the molecule is [CH2]CC(O)CCCCCCC. The van der Waals surface area contributed by atoms with Crippen LogP contribution < -0.4 is 0 Å². The van der Waals surface area contributed by atoms with E-state index in [0.717, 1.165) is 12.8 Å². The van der Waals surface area contributed by atoms with Crippen LogP contribution in [0.1, 0.15) is 51.9 Å². The first-order valence-electron chi connectivity index (χ1n) is 4.78. The van der Waals surface area contributed by atoms with Gasteiger partial charge in [0.05, 0.1) is 6.10 Å². The summed E-state index contributed by atoms with van der Waals surface area (Å²) in [4.78, 5) is 0. The Balaban J connectivity index is 2.89. The van der Waals surface area contributed by atoms with Crippen LogP contribution in [0.5, 0.6) is 0 Å². The van der Waals surface area contributed by atoms with Gasteiger partial charge in [0.25, 0.3) is 0 Å². The quantitative estimate of drug-likeness (QED) is 0.563. The summed E-state index contributed by atoms with van der Waals surface area (Å²) in [5.74, 6) is 0. The number of aliphatic hydroxyl groups excluding tert-OH is 1. The molecule has 1 nitrogen and oxygen atoms in total. The van der Waals surface area contributed by atoms with E-state index in [1.165, 1.54) is 25.7 Å². The highest BCUT2D eigenvalue weighted by Crippen LogP contribution is 2.08. The molecule has 0 amide bonds. The molecule has 0 saturated heterocycles. The predicted octanol–water partition coefficient (Wildman–Crippen LogP) is 2.93. The molecule has 0 bridgehead atoms. The molecule has 1 radical (unpaired) electrons. The van der Waals surface area contributed by atoms with E-state index in [9.17, 15) is 0 Å². The highest BCUT2D eigenvalue weighted by Gasteiger charge is 1.98. The van der Waals surface area contributed by atoms with Gasteiger partial charge in [0, 0.05) is 0 Å². The van der Waals surface area contributed by atoms with Crippen LogP contribution in [0, 0.1) is 6.92 Å². The van der Waals surface area contributed by atoms with Gasteiger partial charge in [-0.1, -0.05) is 46.0 Å². The van der Waals surface area contributed by atoms with Crippen LogP contribution in [0.2, 0.25) is 0 Å². The molecule has 0 fully saturated rings. The van der Waals surface area contributed by atoms with E-state index in [2.05, 4.69) is 13.8 Å². The minimum Gasteiger partial charge on any atom is -0.393 e. The van der Waals surface area contributed by atoms with E-state index < -0.39 is 0 Å². The standard InChI is InChI=1S/C10H21O/c1-3-5-6-7-8-9-10(11)4-2/h10-11H,2-9H2,1H3. The average Bonchev–Trinajstić information content (AvgIpc) is 2.04.